The zero-order chi connectivity index (χ0) is 30.4. The molecule has 1 saturated heterocycles. The highest BCUT2D eigenvalue weighted by atomic mass is 19.1. The van der Waals surface area contributed by atoms with Crippen LogP contribution in [0.3, 0.4) is 0 Å². The lowest BCUT2D eigenvalue weighted by molar-refractivity contribution is -0.135. The minimum Gasteiger partial charge on any atom is -0.341 e. The summed E-state index contributed by atoms with van der Waals surface area (Å²) in [7, 11) is 0. The van der Waals surface area contributed by atoms with E-state index >= 15 is 0 Å². The van der Waals surface area contributed by atoms with Gasteiger partial charge in [-0.3, -0.25) is 14.5 Å². The number of carbonyl (C=O) groups is 2. The number of nitriles is 1. The van der Waals surface area contributed by atoms with E-state index in [1.54, 1.807) is 52.3 Å². The molecule has 3 aromatic rings. The van der Waals surface area contributed by atoms with Crippen LogP contribution in [0.1, 0.15) is 53.9 Å². The van der Waals surface area contributed by atoms with Gasteiger partial charge >= 0.3 is 0 Å². The number of piperidine rings is 1. The van der Waals surface area contributed by atoms with Crippen molar-refractivity contribution in [3.05, 3.63) is 90.5 Å². The number of amides is 2. The van der Waals surface area contributed by atoms with E-state index in [2.05, 4.69) is 27.1 Å². The smallest absolute Gasteiger partial charge is 0.251 e. The Kier molecular flexibility index (Phi) is 9.26. The first-order valence-electron chi connectivity index (χ1n) is 14.6. The number of aromatic nitrogens is 3. The molecule has 2 aromatic carbocycles. The van der Waals surface area contributed by atoms with Gasteiger partial charge in [-0.1, -0.05) is 23.4 Å². The molecule has 1 saturated carbocycles. The Labute approximate surface area is 249 Å². The summed E-state index contributed by atoms with van der Waals surface area (Å²) in [6, 6.07) is 14.6. The molecule has 1 aliphatic carbocycles. The van der Waals surface area contributed by atoms with Crippen molar-refractivity contribution in [1.82, 2.24) is 30.1 Å². The second-order valence-electron chi connectivity index (χ2n) is 11.2. The molecule has 0 radical (unpaired) electrons. The van der Waals surface area contributed by atoms with E-state index in [4.69, 9.17) is 5.26 Å². The molecule has 43 heavy (non-hydrogen) atoms. The van der Waals surface area contributed by atoms with Crippen LogP contribution in [0.25, 0.3) is 5.69 Å². The quantitative estimate of drug-likeness (QED) is 0.319. The molecular weight excluding hydrogens is 552 g/mol. The number of carbonyl (C=O) groups excluding carboxylic acids is 2. The van der Waals surface area contributed by atoms with E-state index in [1.807, 2.05) is 18.2 Å². The van der Waals surface area contributed by atoms with Gasteiger partial charge in [-0.15, -0.1) is 11.7 Å². The van der Waals surface area contributed by atoms with Crippen LogP contribution in [0.2, 0.25) is 0 Å². The maximum absolute atomic E-state index is 14.5. The number of hydrogen-bond donors (Lipinski definition) is 1. The Balaban J connectivity index is 1.24. The van der Waals surface area contributed by atoms with Crippen molar-refractivity contribution >= 4 is 11.8 Å². The highest BCUT2D eigenvalue weighted by molar-refractivity contribution is 5.97. The lowest BCUT2D eigenvalue weighted by atomic mass is 9.94. The minimum atomic E-state index is -1.93. The summed E-state index contributed by atoms with van der Waals surface area (Å²) in [5.41, 5.74) is 0.296. The lowest BCUT2D eigenvalue weighted by Gasteiger charge is -2.35. The fraction of sp³-hybridized carbons (Fsp3) is 0.406. The van der Waals surface area contributed by atoms with Crippen molar-refractivity contribution in [1.29, 1.82) is 5.26 Å². The monoisotopic (exact) mass is 587 g/mol. The molecule has 2 aliphatic rings. The largest absolute Gasteiger partial charge is 0.341 e. The fourth-order valence-electron chi connectivity index (χ4n) is 5.73. The zero-order valence-corrected chi connectivity index (χ0v) is 23.9. The Morgan fingerprint density at radius 2 is 1.91 bits per heavy atom. The second-order valence-corrected chi connectivity index (χ2v) is 11.2. The van der Waals surface area contributed by atoms with Gasteiger partial charge in [0.2, 0.25) is 5.91 Å². The van der Waals surface area contributed by atoms with Crippen LogP contribution in [0.15, 0.2) is 73.6 Å². The van der Waals surface area contributed by atoms with Gasteiger partial charge in [-0.25, -0.2) is 13.5 Å². The maximum Gasteiger partial charge on any atom is 0.251 e. The highest BCUT2D eigenvalue weighted by Crippen LogP contribution is 2.44. The number of hydrogen-bond acceptors (Lipinski definition) is 6. The minimum absolute atomic E-state index is 0.0563. The van der Waals surface area contributed by atoms with Crippen molar-refractivity contribution in [2.75, 3.05) is 26.2 Å². The molecule has 2 fully saturated rings. The fourth-order valence-corrected chi connectivity index (χ4v) is 5.73. The number of alkyl halides is 1. The van der Waals surface area contributed by atoms with Crippen LogP contribution in [-0.4, -0.2) is 80.5 Å². The van der Waals surface area contributed by atoms with E-state index in [1.165, 1.54) is 12.1 Å². The van der Waals surface area contributed by atoms with Crippen molar-refractivity contribution < 1.29 is 18.4 Å². The molecular formula is C32H35F2N7O2. The van der Waals surface area contributed by atoms with Crippen LogP contribution in [0.4, 0.5) is 8.78 Å². The number of halogens is 2. The van der Waals surface area contributed by atoms with Crippen LogP contribution in [-0.2, 0) is 4.79 Å². The number of rotatable bonds is 12. The van der Waals surface area contributed by atoms with Gasteiger partial charge in [-0.2, -0.15) is 5.26 Å². The topological polar surface area (TPSA) is 107 Å². The van der Waals surface area contributed by atoms with Crippen molar-refractivity contribution in [2.24, 2.45) is 0 Å². The molecule has 2 heterocycles. The highest BCUT2D eigenvalue weighted by Gasteiger charge is 2.42. The molecule has 2 amide bonds. The summed E-state index contributed by atoms with van der Waals surface area (Å²) < 4.78 is 29.5. The second kappa shape index (κ2) is 13.3. The molecule has 1 aliphatic heterocycles. The standard InChI is InChI=1S/C32H35F2N7O2/c1-2-16-39(29-21-27(29)23-5-9-25(33)10-6-23)17-3-4-28(31(43)40-18-13-32(34,22-35)14-19-40)37-30(42)24-7-11-26(12-8-24)41-20-15-36-38-41/h2,5-12,15,20,27-29H,1,3-4,13-14,16-19,21H2,(H,37,42)/t27-,28-,29+/m0/s1. The van der Waals surface area contributed by atoms with Gasteiger partial charge in [0.15, 0.2) is 5.67 Å². The molecule has 0 unspecified atom stereocenters. The Morgan fingerprint density at radius 3 is 2.53 bits per heavy atom. The van der Waals surface area contributed by atoms with Gasteiger partial charge < -0.3 is 10.2 Å². The maximum atomic E-state index is 14.5. The summed E-state index contributed by atoms with van der Waals surface area (Å²) in [6.45, 7) is 5.48. The van der Waals surface area contributed by atoms with Crippen LogP contribution >= 0.6 is 0 Å². The molecule has 0 bridgehead atoms. The predicted octanol–water partition coefficient (Wildman–Crippen LogP) is 4.18. The third-order valence-electron chi connectivity index (χ3n) is 8.31. The van der Waals surface area contributed by atoms with E-state index in [-0.39, 0.29) is 43.6 Å². The van der Waals surface area contributed by atoms with Gasteiger partial charge in [0.25, 0.3) is 5.91 Å². The third kappa shape index (κ3) is 7.32. The predicted molar refractivity (Wildman–Crippen MR) is 156 cm³/mol. The Bertz CT molecular complexity index is 1450. The number of nitrogens with one attached hydrogen (secondary N) is 1. The Morgan fingerprint density at radius 1 is 1.19 bits per heavy atom. The van der Waals surface area contributed by atoms with Crippen molar-refractivity contribution in [3.63, 3.8) is 0 Å². The normalized spacial score (nSPS) is 19.8. The molecule has 5 rings (SSSR count). The summed E-state index contributed by atoms with van der Waals surface area (Å²) >= 11 is 0. The molecule has 9 nitrogen and oxygen atoms in total. The first-order valence-corrected chi connectivity index (χ1v) is 14.6. The van der Waals surface area contributed by atoms with Crippen molar-refractivity contribution in [3.8, 4) is 11.8 Å². The molecule has 224 valence electrons. The van der Waals surface area contributed by atoms with E-state index < -0.39 is 11.7 Å². The average molecular weight is 588 g/mol. The number of nitrogens with zero attached hydrogens (tertiary/aromatic N) is 6. The van der Waals surface area contributed by atoms with E-state index in [9.17, 15) is 18.4 Å². The summed E-state index contributed by atoms with van der Waals surface area (Å²) in [5.74, 6) is -0.615. The van der Waals surface area contributed by atoms with Gasteiger partial charge in [0, 0.05) is 50.0 Å². The third-order valence-corrected chi connectivity index (χ3v) is 8.31. The lowest BCUT2D eigenvalue weighted by Crippen LogP contribution is -2.52. The van der Waals surface area contributed by atoms with Crippen LogP contribution in [0.5, 0.6) is 0 Å². The van der Waals surface area contributed by atoms with Gasteiger partial charge in [0.1, 0.15) is 17.9 Å². The molecule has 0 spiro atoms. The first kappa shape index (κ1) is 30.0. The van der Waals surface area contributed by atoms with Gasteiger partial charge in [0.05, 0.1) is 18.1 Å². The summed E-state index contributed by atoms with van der Waals surface area (Å²) in [4.78, 5) is 30.7. The van der Waals surface area contributed by atoms with E-state index in [0.717, 1.165) is 17.7 Å². The van der Waals surface area contributed by atoms with Crippen molar-refractivity contribution in [2.45, 2.75) is 55.8 Å². The zero-order valence-electron chi connectivity index (χ0n) is 23.9. The molecule has 1 N–H and O–H groups in total. The molecule has 3 atom stereocenters. The van der Waals surface area contributed by atoms with Crippen LogP contribution in [0, 0.1) is 17.1 Å². The van der Waals surface area contributed by atoms with Crippen LogP contribution < -0.4 is 5.32 Å². The Hall–Kier alpha value is -4.43. The number of benzene rings is 2. The SMILES string of the molecule is C=CCN(CCC[C@H](NC(=O)c1ccc(-n2ccnn2)cc1)C(=O)N1CCC(F)(C#N)CC1)[C@@H]1C[C@H]1c1ccc(F)cc1. The van der Waals surface area contributed by atoms with E-state index in [0.29, 0.717) is 43.5 Å². The summed E-state index contributed by atoms with van der Waals surface area (Å²) in [6.07, 6.45) is 6.96. The van der Waals surface area contributed by atoms with Gasteiger partial charge in [-0.05, 0) is 67.8 Å². The average Bonchev–Trinajstić information content (AvgIpc) is 3.62. The first-order chi connectivity index (χ1) is 20.8. The number of likely N-dealkylation sites (tertiary alicyclic amines) is 1. The molecule has 1 aromatic heterocycles. The summed E-state index contributed by atoms with van der Waals surface area (Å²) in [5, 5.41) is 19.8. The molecule has 11 heteroatoms.